The molecule has 0 radical (unpaired) electrons. The van der Waals surface area contributed by atoms with Crippen LogP contribution >= 0.6 is 15.9 Å². The second-order valence-electron chi connectivity index (χ2n) is 4.28. The van der Waals surface area contributed by atoms with Gasteiger partial charge in [-0.2, -0.15) is 0 Å². The Morgan fingerprint density at radius 1 is 1.47 bits per heavy atom. The number of rotatable bonds is 4. The number of carbonyl (C=O) groups is 3. The van der Waals surface area contributed by atoms with Crippen molar-refractivity contribution in [3.63, 3.8) is 0 Å². The lowest BCUT2D eigenvalue weighted by molar-refractivity contribution is -0.128. The molecule has 0 aliphatic carbocycles. The minimum atomic E-state index is -0.453. The van der Waals surface area contributed by atoms with Gasteiger partial charge in [-0.3, -0.25) is 9.59 Å². The number of Topliss-reactive ketones (excluding diaryl/α,β-unsaturated/α-hetero) is 1. The summed E-state index contributed by atoms with van der Waals surface area (Å²) in [6.07, 6.45) is 0.658. The Balaban J connectivity index is 2.09. The summed E-state index contributed by atoms with van der Waals surface area (Å²) >= 11 is 3.27. The lowest BCUT2D eigenvalue weighted by Gasteiger charge is -2.26. The van der Waals surface area contributed by atoms with E-state index in [0.29, 0.717) is 22.0 Å². The van der Waals surface area contributed by atoms with E-state index in [1.165, 1.54) is 7.11 Å². The van der Waals surface area contributed by atoms with E-state index in [2.05, 4.69) is 26.0 Å². The zero-order valence-electron chi connectivity index (χ0n) is 10.2. The third-order valence-electron chi connectivity index (χ3n) is 2.92. The predicted octanol–water partition coefficient (Wildman–Crippen LogP) is 1.70. The highest BCUT2D eigenvalue weighted by atomic mass is 79.9. The van der Waals surface area contributed by atoms with Gasteiger partial charge >= 0.3 is 5.97 Å². The maximum Gasteiger partial charge on any atom is 0.337 e. The molecule has 1 aromatic carbocycles. The molecule has 2 rings (SSSR count). The molecule has 1 aromatic rings. The lowest BCUT2D eigenvalue weighted by Crippen LogP contribution is -2.49. The van der Waals surface area contributed by atoms with Gasteiger partial charge in [0.2, 0.25) is 5.91 Å². The second kappa shape index (κ2) is 5.52. The molecule has 1 saturated heterocycles. The molecule has 1 atom stereocenters. The zero-order valence-corrected chi connectivity index (χ0v) is 11.8. The van der Waals surface area contributed by atoms with Crippen LogP contribution in [0.5, 0.6) is 0 Å². The highest BCUT2D eigenvalue weighted by molar-refractivity contribution is 9.10. The Kier molecular flexibility index (Phi) is 3.99. The fourth-order valence-corrected chi connectivity index (χ4v) is 2.47. The van der Waals surface area contributed by atoms with Crippen LogP contribution in [0.15, 0.2) is 22.7 Å². The molecule has 1 aliphatic heterocycles. The fraction of sp³-hybridized carbons (Fsp3) is 0.308. The van der Waals surface area contributed by atoms with Crippen LogP contribution in [0.4, 0.5) is 0 Å². The van der Waals surface area contributed by atoms with Crippen molar-refractivity contribution in [3.05, 3.63) is 33.8 Å². The van der Waals surface area contributed by atoms with Crippen LogP contribution in [0.3, 0.4) is 0 Å². The summed E-state index contributed by atoms with van der Waals surface area (Å²) in [7, 11) is 1.30. The highest BCUT2D eigenvalue weighted by Crippen LogP contribution is 2.22. The van der Waals surface area contributed by atoms with E-state index >= 15 is 0 Å². The van der Waals surface area contributed by atoms with E-state index in [4.69, 9.17) is 0 Å². The monoisotopic (exact) mass is 325 g/mol. The molecule has 0 saturated carbocycles. The molecular formula is C13H12BrNO4. The van der Waals surface area contributed by atoms with Gasteiger partial charge in [0, 0.05) is 28.9 Å². The molecular weight excluding hydrogens is 314 g/mol. The number of nitrogens with one attached hydrogen (secondary N) is 1. The van der Waals surface area contributed by atoms with Crippen molar-refractivity contribution in [1.82, 2.24) is 5.32 Å². The van der Waals surface area contributed by atoms with Gasteiger partial charge in [0.15, 0.2) is 5.78 Å². The SMILES string of the molecule is COC(=O)c1ccc(C(=O)CC2CC(=O)N2)c(Br)c1. The molecule has 0 spiro atoms. The van der Waals surface area contributed by atoms with E-state index in [9.17, 15) is 14.4 Å². The Labute approximate surface area is 118 Å². The van der Waals surface area contributed by atoms with Crippen molar-refractivity contribution in [2.24, 2.45) is 0 Å². The normalized spacial score (nSPS) is 17.4. The van der Waals surface area contributed by atoms with E-state index in [0.717, 1.165) is 0 Å². The van der Waals surface area contributed by atoms with Gasteiger partial charge in [-0.1, -0.05) is 15.9 Å². The van der Waals surface area contributed by atoms with Gasteiger partial charge in [0.05, 0.1) is 12.7 Å². The van der Waals surface area contributed by atoms with E-state index in [1.807, 2.05) is 0 Å². The van der Waals surface area contributed by atoms with Crippen LogP contribution in [0.1, 0.15) is 33.6 Å². The molecule has 5 nitrogen and oxygen atoms in total. The van der Waals surface area contributed by atoms with Crippen LogP contribution in [0.25, 0.3) is 0 Å². The van der Waals surface area contributed by atoms with Gasteiger partial charge in [-0.05, 0) is 18.2 Å². The topological polar surface area (TPSA) is 72.5 Å². The van der Waals surface area contributed by atoms with Crippen molar-refractivity contribution < 1.29 is 19.1 Å². The second-order valence-corrected chi connectivity index (χ2v) is 5.14. The van der Waals surface area contributed by atoms with E-state index in [1.54, 1.807) is 18.2 Å². The molecule has 0 aromatic heterocycles. The number of methoxy groups -OCH3 is 1. The number of carbonyl (C=O) groups excluding carboxylic acids is 3. The molecule has 1 aliphatic rings. The third kappa shape index (κ3) is 3.01. The summed E-state index contributed by atoms with van der Waals surface area (Å²) in [6, 6.07) is 4.60. The Hall–Kier alpha value is -1.69. The van der Waals surface area contributed by atoms with Gasteiger partial charge in [0.25, 0.3) is 0 Å². The van der Waals surface area contributed by atoms with Gasteiger partial charge in [0.1, 0.15) is 0 Å². The number of amides is 1. The van der Waals surface area contributed by atoms with Crippen molar-refractivity contribution in [2.45, 2.75) is 18.9 Å². The first-order valence-corrected chi connectivity index (χ1v) is 6.51. The minimum Gasteiger partial charge on any atom is -0.465 e. The minimum absolute atomic E-state index is 0.0297. The van der Waals surface area contributed by atoms with Gasteiger partial charge in [-0.25, -0.2) is 4.79 Å². The molecule has 100 valence electrons. The quantitative estimate of drug-likeness (QED) is 0.519. The summed E-state index contributed by atoms with van der Waals surface area (Å²) < 4.78 is 5.15. The van der Waals surface area contributed by atoms with Crippen molar-refractivity contribution >= 4 is 33.6 Å². The van der Waals surface area contributed by atoms with Gasteiger partial charge in [-0.15, -0.1) is 0 Å². The number of halogens is 1. The van der Waals surface area contributed by atoms with Crippen LogP contribution in [-0.2, 0) is 9.53 Å². The first kappa shape index (κ1) is 13.7. The van der Waals surface area contributed by atoms with Crippen LogP contribution in [0, 0.1) is 0 Å². The van der Waals surface area contributed by atoms with E-state index in [-0.39, 0.29) is 24.2 Å². The Morgan fingerprint density at radius 2 is 2.16 bits per heavy atom. The maximum absolute atomic E-state index is 12.0. The largest absolute Gasteiger partial charge is 0.465 e. The smallest absolute Gasteiger partial charge is 0.337 e. The van der Waals surface area contributed by atoms with Crippen LogP contribution in [0.2, 0.25) is 0 Å². The fourth-order valence-electron chi connectivity index (χ4n) is 1.87. The first-order chi connectivity index (χ1) is 9.01. The molecule has 0 bridgehead atoms. The zero-order chi connectivity index (χ0) is 14.0. The van der Waals surface area contributed by atoms with Crippen molar-refractivity contribution in [1.29, 1.82) is 0 Å². The maximum atomic E-state index is 12.0. The molecule has 1 N–H and O–H groups in total. The lowest BCUT2D eigenvalue weighted by atomic mass is 9.96. The third-order valence-corrected chi connectivity index (χ3v) is 3.58. The number of benzene rings is 1. The number of ketones is 1. The van der Waals surface area contributed by atoms with Crippen molar-refractivity contribution in [2.75, 3.05) is 7.11 Å². The van der Waals surface area contributed by atoms with E-state index < -0.39 is 5.97 Å². The first-order valence-electron chi connectivity index (χ1n) is 5.71. The summed E-state index contributed by atoms with van der Waals surface area (Å²) in [4.78, 5) is 34.1. The molecule has 1 heterocycles. The molecule has 1 amide bonds. The number of hydrogen-bond acceptors (Lipinski definition) is 4. The standard InChI is InChI=1S/C13H12BrNO4/c1-19-13(18)7-2-3-9(10(14)4-7)11(16)5-8-6-12(17)15-8/h2-4,8H,5-6H2,1H3,(H,15,17). The summed E-state index contributed by atoms with van der Waals surface area (Å²) in [5, 5.41) is 2.65. The highest BCUT2D eigenvalue weighted by Gasteiger charge is 2.28. The number of ether oxygens (including phenoxy) is 1. The Morgan fingerprint density at radius 3 is 2.68 bits per heavy atom. The average molecular weight is 326 g/mol. The van der Waals surface area contributed by atoms with Gasteiger partial charge < -0.3 is 10.1 Å². The number of hydrogen-bond donors (Lipinski definition) is 1. The van der Waals surface area contributed by atoms with Crippen LogP contribution in [-0.4, -0.2) is 30.8 Å². The van der Waals surface area contributed by atoms with Crippen LogP contribution < -0.4 is 5.32 Å². The summed E-state index contributed by atoms with van der Waals surface area (Å²) in [5.74, 6) is -0.558. The van der Waals surface area contributed by atoms with Crippen molar-refractivity contribution in [3.8, 4) is 0 Å². The molecule has 19 heavy (non-hydrogen) atoms. The Bertz CT molecular complexity index is 548. The average Bonchev–Trinajstić information content (AvgIpc) is 2.35. The molecule has 1 unspecified atom stereocenters. The number of esters is 1. The number of β-lactam (4-membered cyclic amide) rings is 1. The molecule has 6 heteroatoms. The predicted molar refractivity (Wildman–Crippen MR) is 71.0 cm³/mol. The summed E-state index contributed by atoms with van der Waals surface area (Å²) in [6.45, 7) is 0. The summed E-state index contributed by atoms with van der Waals surface area (Å²) in [5.41, 5.74) is 0.872. The molecule has 1 fully saturated rings.